The fourth-order valence-corrected chi connectivity index (χ4v) is 4.55. The lowest BCUT2D eigenvalue weighted by Gasteiger charge is -2.24. The molecule has 6 nitrogen and oxygen atoms in total. The van der Waals surface area contributed by atoms with Crippen molar-refractivity contribution in [3.8, 4) is 0 Å². The molecule has 2 atom stereocenters. The quantitative estimate of drug-likeness (QED) is 0.560. The maximum atomic E-state index is 12.7. The molecule has 1 heterocycles. The van der Waals surface area contributed by atoms with Gasteiger partial charge in [-0.15, -0.1) is 12.4 Å². The zero-order valence-corrected chi connectivity index (χ0v) is 18.7. The van der Waals surface area contributed by atoms with E-state index >= 15 is 0 Å². The van der Waals surface area contributed by atoms with Gasteiger partial charge in [0.1, 0.15) is 6.04 Å². The van der Waals surface area contributed by atoms with Gasteiger partial charge in [0.25, 0.3) is 0 Å². The Labute approximate surface area is 175 Å². The molecule has 0 bridgehead atoms. The molecule has 1 amide bonds. The van der Waals surface area contributed by atoms with E-state index in [1.54, 1.807) is 24.3 Å². The van der Waals surface area contributed by atoms with E-state index in [0.29, 0.717) is 18.9 Å². The monoisotopic (exact) mass is 431 g/mol. The topological polar surface area (TPSA) is 87.3 Å². The average molecular weight is 432 g/mol. The van der Waals surface area contributed by atoms with E-state index in [2.05, 4.69) is 15.4 Å². The van der Waals surface area contributed by atoms with Crippen LogP contribution in [0.25, 0.3) is 0 Å². The van der Waals surface area contributed by atoms with Crippen LogP contribution in [0.3, 0.4) is 0 Å². The van der Waals surface area contributed by atoms with Gasteiger partial charge in [0.2, 0.25) is 15.9 Å². The predicted molar refractivity (Wildman–Crippen MR) is 115 cm³/mol. The Balaban J connectivity index is 0.00000392. The zero-order valence-electron chi connectivity index (χ0n) is 17.0. The average Bonchev–Trinajstić information content (AvgIpc) is 2.62. The van der Waals surface area contributed by atoms with Crippen molar-refractivity contribution < 1.29 is 13.2 Å². The summed E-state index contributed by atoms with van der Waals surface area (Å²) in [7, 11) is -3.73. The number of aryl methyl sites for hydroxylation is 1. The summed E-state index contributed by atoms with van der Waals surface area (Å²) in [6.45, 7) is 8.50. The molecule has 2 unspecified atom stereocenters. The Morgan fingerprint density at radius 3 is 2.50 bits per heavy atom. The van der Waals surface area contributed by atoms with Crippen LogP contribution in [-0.2, 0) is 14.8 Å². The van der Waals surface area contributed by atoms with E-state index in [1.807, 2.05) is 20.8 Å². The van der Waals surface area contributed by atoms with Crippen LogP contribution in [-0.4, -0.2) is 40.0 Å². The number of halogens is 1. The number of sulfonamides is 1. The second kappa shape index (κ2) is 11.8. The molecular weight excluding hydrogens is 398 g/mol. The third-order valence-corrected chi connectivity index (χ3v) is 6.39. The van der Waals surface area contributed by atoms with E-state index in [-0.39, 0.29) is 29.1 Å². The number of carbonyl (C=O) groups excluding carboxylic acids is 1. The number of amides is 1. The lowest BCUT2D eigenvalue weighted by molar-refractivity contribution is -0.123. The van der Waals surface area contributed by atoms with Gasteiger partial charge in [-0.25, -0.2) is 8.42 Å². The van der Waals surface area contributed by atoms with Gasteiger partial charge in [0, 0.05) is 6.54 Å². The molecule has 1 aromatic rings. The highest BCUT2D eigenvalue weighted by Crippen LogP contribution is 2.15. The van der Waals surface area contributed by atoms with E-state index in [9.17, 15) is 13.2 Å². The Kier molecular flexibility index (Phi) is 10.4. The number of piperidine rings is 1. The van der Waals surface area contributed by atoms with Crippen molar-refractivity contribution in [2.45, 2.75) is 57.4 Å². The molecule has 1 aliphatic heterocycles. The molecule has 0 aromatic heterocycles. The van der Waals surface area contributed by atoms with E-state index in [1.165, 1.54) is 12.8 Å². The van der Waals surface area contributed by atoms with Crippen LogP contribution in [0.2, 0.25) is 0 Å². The molecule has 1 aliphatic rings. The molecule has 1 aromatic carbocycles. The lowest BCUT2D eigenvalue weighted by Crippen LogP contribution is -2.47. The van der Waals surface area contributed by atoms with Crippen LogP contribution < -0.4 is 15.4 Å². The molecular formula is C20H34ClN3O3S. The SMILES string of the molecule is Cc1ccc(S(=O)(=O)NC(CC(C)C)C(=O)NCCC2CCCNC2)cc1.Cl. The maximum Gasteiger partial charge on any atom is 0.241 e. The Morgan fingerprint density at radius 2 is 1.93 bits per heavy atom. The first-order chi connectivity index (χ1) is 12.8. The molecule has 0 aliphatic carbocycles. The van der Waals surface area contributed by atoms with Gasteiger partial charge >= 0.3 is 0 Å². The first kappa shape index (κ1) is 24.9. The standard InChI is InChI=1S/C20H33N3O3S.ClH/c1-15(2)13-19(20(24)22-12-10-17-5-4-11-21-14-17)23-27(25,26)18-8-6-16(3)7-9-18;/h6-9,15,17,19,21,23H,4-5,10-14H2,1-3H3,(H,22,24);1H. The first-order valence-corrected chi connectivity index (χ1v) is 11.3. The molecule has 28 heavy (non-hydrogen) atoms. The fraction of sp³-hybridized carbons (Fsp3) is 0.650. The summed E-state index contributed by atoms with van der Waals surface area (Å²) in [5, 5.41) is 6.30. The highest BCUT2D eigenvalue weighted by atomic mass is 35.5. The van der Waals surface area contributed by atoms with Crippen molar-refractivity contribution >= 4 is 28.3 Å². The number of carbonyl (C=O) groups is 1. The van der Waals surface area contributed by atoms with Crippen LogP contribution in [0.4, 0.5) is 0 Å². The summed E-state index contributed by atoms with van der Waals surface area (Å²) in [4.78, 5) is 12.8. The fourth-order valence-electron chi connectivity index (χ4n) is 3.35. The maximum absolute atomic E-state index is 12.7. The van der Waals surface area contributed by atoms with Gasteiger partial charge < -0.3 is 10.6 Å². The number of benzene rings is 1. The van der Waals surface area contributed by atoms with Gasteiger partial charge in [-0.2, -0.15) is 4.72 Å². The minimum Gasteiger partial charge on any atom is -0.355 e. The Morgan fingerprint density at radius 1 is 1.25 bits per heavy atom. The first-order valence-electron chi connectivity index (χ1n) is 9.85. The molecule has 1 saturated heterocycles. The highest BCUT2D eigenvalue weighted by Gasteiger charge is 2.26. The molecule has 1 fully saturated rings. The Bertz CT molecular complexity index is 702. The number of hydrogen-bond acceptors (Lipinski definition) is 4. The third-order valence-electron chi connectivity index (χ3n) is 4.90. The van der Waals surface area contributed by atoms with E-state index < -0.39 is 16.1 Å². The van der Waals surface area contributed by atoms with Gasteiger partial charge in [0.05, 0.1) is 4.90 Å². The summed E-state index contributed by atoms with van der Waals surface area (Å²) in [5.41, 5.74) is 0.989. The van der Waals surface area contributed by atoms with Gasteiger partial charge in [-0.1, -0.05) is 31.5 Å². The van der Waals surface area contributed by atoms with Crippen LogP contribution in [0.1, 0.15) is 45.1 Å². The zero-order chi connectivity index (χ0) is 19.9. The number of hydrogen-bond donors (Lipinski definition) is 3. The number of rotatable bonds is 9. The molecule has 8 heteroatoms. The summed E-state index contributed by atoms with van der Waals surface area (Å²) < 4.78 is 27.9. The largest absolute Gasteiger partial charge is 0.355 e. The lowest BCUT2D eigenvalue weighted by atomic mass is 9.96. The predicted octanol–water partition coefficient (Wildman–Crippen LogP) is 2.62. The van der Waals surface area contributed by atoms with Crippen molar-refractivity contribution in [1.82, 2.24) is 15.4 Å². The van der Waals surface area contributed by atoms with Crippen molar-refractivity contribution in [3.05, 3.63) is 29.8 Å². The molecule has 160 valence electrons. The van der Waals surface area contributed by atoms with Crippen LogP contribution in [0.15, 0.2) is 29.2 Å². The van der Waals surface area contributed by atoms with Crippen molar-refractivity contribution in [2.75, 3.05) is 19.6 Å². The highest BCUT2D eigenvalue weighted by molar-refractivity contribution is 7.89. The van der Waals surface area contributed by atoms with Gasteiger partial charge in [-0.05, 0) is 69.7 Å². The number of nitrogens with one attached hydrogen (secondary N) is 3. The summed E-state index contributed by atoms with van der Waals surface area (Å²) in [5.74, 6) is 0.527. The van der Waals surface area contributed by atoms with Crippen LogP contribution in [0, 0.1) is 18.8 Å². The second-order valence-electron chi connectivity index (χ2n) is 7.91. The van der Waals surface area contributed by atoms with Gasteiger partial charge in [0.15, 0.2) is 0 Å². The third kappa shape index (κ3) is 8.07. The normalized spacial score (nSPS) is 18.4. The molecule has 2 rings (SSSR count). The molecule has 0 spiro atoms. The van der Waals surface area contributed by atoms with Crippen LogP contribution in [0.5, 0.6) is 0 Å². The van der Waals surface area contributed by atoms with Gasteiger partial charge in [-0.3, -0.25) is 4.79 Å². The summed E-state index contributed by atoms with van der Waals surface area (Å²) in [6.07, 6.45) is 3.73. The van der Waals surface area contributed by atoms with Crippen LogP contribution >= 0.6 is 12.4 Å². The Hall–Kier alpha value is -1.15. The van der Waals surface area contributed by atoms with E-state index in [0.717, 1.165) is 25.1 Å². The molecule has 0 radical (unpaired) electrons. The summed E-state index contributed by atoms with van der Waals surface area (Å²) in [6, 6.07) is 5.88. The summed E-state index contributed by atoms with van der Waals surface area (Å²) >= 11 is 0. The van der Waals surface area contributed by atoms with Crippen molar-refractivity contribution in [1.29, 1.82) is 0 Å². The van der Waals surface area contributed by atoms with Crippen molar-refractivity contribution in [2.24, 2.45) is 11.8 Å². The van der Waals surface area contributed by atoms with E-state index in [4.69, 9.17) is 0 Å². The minimum atomic E-state index is -3.73. The minimum absolute atomic E-state index is 0. The molecule has 3 N–H and O–H groups in total. The van der Waals surface area contributed by atoms with Crippen molar-refractivity contribution in [3.63, 3.8) is 0 Å². The second-order valence-corrected chi connectivity index (χ2v) is 9.62. The smallest absolute Gasteiger partial charge is 0.241 e. The molecule has 0 saturated carbocycles.